The van der Waals surface area contributed by atoms with Gasteiger partial charge in [0, 0.05) is 30.6 Å². The first-order valence-corrected chi connectivity index (χ1v) is 12.2. The molecule has 0 radical (unpaired) electrons. The standard InChI is InChI=1S/C26H35N5O2/c1-3-26(17-32)16-31(14-13-23(26)29-20-10-5-4-6-11-20)24-21(25(33)28-18(2)27)15-19-9-7-8-12-22(19)30-24/h8,12,15,20,23,29,32H,3-6,10-11,13-14,16-17H2,1-2H3,(H2,27,28,33)/p+1. The fourth-order valence-electron chi connectivity index (χ4n) is 5.41. The van der Waals surface area contributed by atoms with E-state index >= 15 is 0 Å². The Morgan fingerprint density at radius 3 is 2.85 bits per heavy atom. The quantitative estimate of drug-likeness (QED) is 0.357. The lowest BCUT2D eigenvalue weighted by molar-refractivity contribution is 0.0562. The molecule has 0 amide bonds. The highest BCUT2D eigenvalue weighted by Crippen LogP contribution is 2.37. The summed E-state index contributed by atoms with van der Waals surface area (Å²) in [5.41, 5.74) is 1.10. The van der Waals surface area contributed by atoms with E-state index in [2.05, 4.69) is 34.3 Å². The van der Waals surface area contributed by atoms with Crippen LogP contribution in [0.2, 0.25) is 0 Å². The molecule has 5 N–H and O–H groups in total. The molecule has 33 heavy (non-hydrogen) atoms. The molecule has 1 aliphatic heterocycles. The Hall–Kier alpha value is -2.69. The highest BCUT2D eigenvalue weighted by Gasteiger charge is 2.43. The number of pyridine rings is 1. The number of aliphatic hydroxyl groups is 1. The zero-order valence-corrected chi connectivity index (χ0v) is 19.7. The van der Waals surface area contributed by atoms with Crippen molar-refractivity contribution in [1.82, 2.24) is 10.3 Å². The van der Waals surface area contributed by atoms with Crippen LogP contribution in [0.4, 0.5) is 5.82 Å². The number of aromatic nitrogens is 1. The van der Waals surface area contributed by atoms with Gasteiger partial charge in [0.15, 0.2) is 0 Å². The third-order valence-corrected chi connectivity index (χ3v) is 7.39. The lowest BCUT2D eigenvalue weighted by atomic mass is 9.73. The molecule has 7 nitrogen and oxygen atoms in total. The first-order valence-electron chi connectivity index (χ1n) is 12.2. The van der Waals surface area contributed by atoms with Gasteiger partial charge in [-0.1, -0.05) is 38.3 Å². The van der Waals surface area contributed by atoms with E-state index in [1.54, 1.807) is 13.0 Å². The molecule has 176 valence electrons. The van der Waals surface area contributed by atoms with E-state index in [1.807, 2.05) is 12.1 Å². The average Bonchev–Trinajstić information content (AvgIpc) is 2.84. The Kier molecular flexibility index (Phi) is 7.16. The Bertz CT molecular complexity index is 1010. The largest absolute Gasteiger partial charge is 0.578 e. The predicted octanol–water partition coefficient (Wildman–Crippen LogP) is 3.19. The summed E-state index contributed by atoms with van der Waals surface area (Å²) in [5, 5.41) is 31.5. The zero-order valence-electron chi connectivity index (χ0n) is 19.7. The number of anilines is 1. The molecule has 7 heteroatoms. The van der Waals surface area contributed by atoms with Crippen LogP contribution < -0.4 is 10.2 Å². The maximum Gasteiger partial charge on any atom is 0.369 e. The van der Waals surface area contributed by atoms with E-state index in [0.29, 0.717) is 24.0 Å². The van der Waals surface area contributed by atoms with Gasteiger partial charge in [0.25, 0.3) is 0 Å². The van der Waals surface area contributed by atoms with E-state index in [0.717, 1.165) is 30.3 Å². The summed E-state index contributed by atoms with van der Waals surface area (Å²) >= 11 is 0. The number of nitrogens with zero attached hydrogens (tertiary/aromatic N) is 3. The number of amidine groups is 1. The maximum atomic E-state index is 10.6. The molecule has 1 saturated carbocycles. The molecule has 2 aliphatic rings. The van der Waals surface area contributed by atoms with Crippen LogP contribution >= 0.6 is 0 Å². The van der Waals surface area contributed by atoms with E-state index < -0.39 is 0 Å². The van der Waals surface area contributed by atoms with Crippen molar-refractivity contribution in [2.75, 3.05) is 24.6 Å². The van der Waals surface area contributed by atoms with Crippen LogP contribution in [0.25, 0.3) is 10.9 Å². The van der Waals surface area contributed by atoms with Crippen molar-refractivity contribution in [1.29, 1.82) is 5.41 Å². The van der Waals surface area contributed by atoms with Crippen LogP contribution in [-0.2, 0) is 0 Å². The molecule has 4 rings (SSSR count). The molecule has 1 aliphatic carbocycles. The van der Waals surface area contributed by atoms with Gasteiger partial charge in [-0.2, -0.15) is 4.99 Å². The monoisotopic (exact) mass is 450 g/mol. The molecule has 2 atom stereocenters. The maximum absolute atomic E-state index is 10.6. The minimum Gasteiger partial charge on any atom is -0.578 e. The second kappa shape index (κ2) is 10.1. The zero-order chi connectivity index (χ0) is 23.4. The molecular formula is C26H36N5O2+. The van der Waals surface area contributed by atoms with Crippen molar-refractivity contribution in [3.63, 3.8) is 0 Å². The first-order chi connectivity index (χ1) is 16.0. The minimum atomic E-state index is -0.281. The van der Waals surface area contributed by atoms with Gasteiger partial charge < -0.3 is 20.4 Å². The number of rotatable bonds is 6. The summed E-state index contributed by atoms with van der Waals surface area (Å²) < 4.78 is 0. The molecule has 1 saturated heterocycles. The van der Waals surface area contributed by atoms with Gasteiger partial charge in [0.05, 0.1) is 17.5 Å². The second-order valence-corrected chi connectivity index (χ2v) is 9.58. The van der Waals surface area contributed by atoms with Crippen LogP contribution in [-0.4, -0.2) is 58.7 Å². The topological polar surface area (TPSA) is 108 Å². The van der Waals surface area contributed by atoms with Gasteiger partial charge in [0.1, 0.15) is 17.2 Å². The first kappa shape index (κ1) is 23.5. The molecule has 2 fully saturated rings. The van der Waals surface area contributed by atoms with Crippen LogP contribution in [0, 0.1) is 23.0 Å². The van der Waals surface area contributed by atoms with Gasteiger partial charge in [-0.15, -0.1) is 0 Å². The third-order valence-electron chi connectivity index (χ3n) is 7.39. The fourth-order valence-corrected chi connectivity index (χ4v) is 5.41. The third kappa shape index (κ3) is 4.97. The molecule has 1 aromatic heterocycles. The van der Waals surface area contributed by atoms with Gasteiger partial charge in [-0.3, -0.25) is 5.41 Å². The van der Waals surface area contributed by atoms with Crippen molar-refractivity contribution in [3.05, 3.63) is 35.9 Å². The lowest BCUT2D eigenvalue weighted by Crippen LogP contribution is -2.60. The summed E-state index contributed by atoms with van der Waals surface area (Å²) in [6, 6.07) is 12.4. The summed E-state index contributed by atoms with van der Waals surface area (Å²) in [6.07, 6.45) is 8.10. The molecule has 0 spiro atoms. The van der Waals surface area contributed by atoms with Crippen molar-refractivity contribution in [3.8, 4) is 0 Å². The normalized spacial score (nSPS) is 24.6. The SMILES string of the molecule is CCC1(CO)CN(c2nc3ccc#cc3cc2C([OH2+])=NC(C)=N)CCC1NC1CCCCC1. The number of aliphatic hydroxyl groups excluding tert-OH is 1. The number of hydrogen-bond acceptors (Lipinski definition) is 5. The van der Waals surface area contributed by atoms with Crippen molar-refractivity contribution in [2.45, 2.75) is 70.9 Å². The fraction of sp³-hybridized carbons (Fsp3) is 0.577. The average molecular weight is 451 g/mol. The van der Waals surface area contributed by atoms with Crippen molar-refractivity contribution >= 4 is 28.5 Å². The van der Waals surface area contributed by atoms with Gasteiger partial charge in [-0.25, -0.2) is 4.98 Å². The molecule has 2 heterocycles. The van der Waals surface area contributed by atoms with E-state index in [-0.39, 0.29) is 29.8 Å². The Morgan fingerprint density at radius 2 is 2.15 bits per heavy atom. The van der Waals surface area contributed by atoms with Crippen LogP contribution in [0.5, 0.6) is 0 Å². The van der Waals surface area contributed by atoms with Crippen molar-refractivity contribution in [2.24, 2.45) is 10.4 Å². The number of piperidine rings is 1. The number of aliphatic imine (C=N–C) groups is 1. The molecule has 1 aromatic carbocycles. The molecule has 2 aromatic rings. The Morgan fingerprint density at radius 1 is 1.36 bits per heavy atom. The van der Waals surface area contributed by atoms with Crippen LogP contribution in [0.15, 0.2) is 23.2 Å². The summed E-state index contributed by atoms with van der Waals surface area (Å²) in [5.74, 6) is 0.806. The second-order valence-electron chi connectivity index (χ2n) is 9.58. The summed E-state index contributed by atoms with van der Waals surface area (Å²) in [6.45, 7) is 5.29. The molecule has 2 unspecified atom stereocenters. The summed E-state index contributed by atoms with van der Waals surface area (Å²) in [7, 11) is 0. The summed E-state index contributed by atoms with van der Waals surface area (Å²) in [4.78, 5) is 11.2. The number of hydrogen-bond donors (Lipinski definition) is 3. The molecular weight excluding hydrogens is 414 g/mol. The number of nitrogens with one attached hydrogen (secondary N) is 2. The highest BCUT2D eigenvalue weighted by atomic mass is 16.3. The van der Waals surface area contributed by atoms with Crippen LogP contribution in [0.1, 0.15) is 64.4 Å². The minimum absolute atomic E-state index is 0.0257. The highest BCUT2D eigenvalue weighted by molar-refractivity contribution is 6.05. The Balaban J connectivity index is 1.68. The van der Waals surface area contributed by atoms with Crippen molar-refractivity contribution < 1.29 is 10.2 Å². The predicted molar refractivity (Wildman–Crippen MR) is 133 cm³/mol. The van der Waals surface area contributed by atoms with E-state index in [4.69, 9.17) is 15.5 Å². The van der Waals surface area contributed by atoms with E-state index in [9.17, 15) is 5.11 Å². The molecule has 0 bridgehead atoms. The van der Waals surface area contributed by atoms with Crippen LogP contribution in [0.3, 0.4) is 0 Å². The van der Waals surface area contributed by atoms with Gasteiger partial charge in [0.2, 0.25) is 0 Å². The number of fused-ring (bicyclic) bond motifs is 1. The smallest absolute Gasteiger partial charge is 0.369 e. The van der Waals surface area contributed by atoms with E-state index in [1.165, 1.54) is 32.1 Å². The van der Waals surface area contributed by atoms with Gasteiger partial charge in [-0.05, 0) is 50.8 Å². The van der Waals surface area contributed by atoms with Gasteiger partial charge >= 0.3 is 5.90 Å². The lowest BCUT2D eigenvalue weighted by Gasteiger charge is -2.49. The Labute approximate surface area is 196 Å².